The van der Waals surface area contributed by atoms with E-state index >= 15 is 0 Å². The Bertz CT molecular complexity index is 590. The second kappa shape index (κ2) is 6.79. The minimum atomic E-state index is -1.03. The van der Waals surface area contributed by atoms with Crippen molar-refractivity contribution in [3.8, 4) is 0 Å². The van der Waals surface area contributed by atoms with Crippen LogP contribution in [0.1, 0.15) is 38.7 Å². The fraction of sp³-hybridized carbons (Fsp3) is 0.529. The van der Waals surface area contributed by atoms with E-state index in [-0.39, 0.29) is 18.1 Å². The molecule has 1 aromatic carbocycles. The van der Waals surface area contributed by atoms with Gasteiger partial charge in [0.05, 0.1) is 0 Å². The molecule has 1 N–H and O–H groups in total. The Morgan fingerprint density at radius 3 is 2.48 bits per heavy atom. The van der Waals surface area contributed by atoms with E-state index in [9.17, 15) is 9.59 Å². The lowest BCUT2D eigenvalue weighted by molar-refractivity contribution is -0.132. The van der Waals surface area contributed by atoms with Gasteiger partial charge in [0.25, 0.3) is 5.91 Å². The van der Waals surface area contributed by atoms with Crippen molar-refractivity contribution in [1.29, 1.82) is 0 Å². The largest absolute Gasteiger partial charge is 0.341 e. The van der Waals surface area contributed by atoms with Crippen molar-refractivity contribution in [2.24, 2.45) is 0 Å². The molecule has 0 spiro atoms. The van der Waals surface area contributed by atoms with Gasteiger partial charge in [-0.1, -0.05) is 37.1 Å². The third kappa shape index (κ3) is 2.90. The van der Waals surface area contributed by atoms with Crippen LogP contribution in [0.5, 0.6) is 0 Å². The summed E-state index contributed by atoms with van der Waals surface area (Å²) in [7, 11) is 3.35. The van der Waals surface area contributed by atoms with Gasteiger partial charge >= 0.3 is 6.03 Å². The van der Waals surface area contributed by atoms with Crippen molar-refractivity contribution in [2.45, 2.75) is 44.8 Å². The molecule has 1 saturated heterocycles. The molecule has 3 amide bonds. The van der Waals surface area contributed by atoms with E-state index in [1.807, 2.05) is 12.1 Å². The first-order valence-corrected chi connectivity index (χ1v) is 8.30. The van der Waals surface area contributed by atoms with E-state index in [4.69, 9.17) is 11.6 Å². The van der Waals surface area contributed by atoms with E-state index in [0.29, 0.717) is 5.02 Å². The molecule has 1 aromatic rings. The van der Waals surface area contributed by atoms with Crippen LogP contribution in [0.15, 0.2) is 24.3 Å². The standard InChI is InChI=1S/C17H24ClN3O2/c1-5-6-7-14-20(4)15(22)17(2,21(14)16(23)19-3)12-8-10-13(18)11-9-12/h8-11,14H,5-7H2,1-4H3,(H,19,23). The van der Waals surface area contributed by atoms with Crippen LogP contribution in [0.4, 0.5) is 4.79 Å². The molecule has 5 nitrogen and oxygen atoms in total. The summed E-state index contributed by atoms with van der Waals surface area (Å²) in [5.41, 5.74) is -0.265. The van der Waals surface area contributed by atoms with Crippen molar-refractivity contribution in [3.63, 3.8) is 0 Å². The molecule has 23 heavy (non-hydrogen) atoms. The lowest BCUT2D eigenvalue weighted by Crippen LogP contribution is -2.52. The van der Waals surface area contributed by atoms with Crippen molar-refractivity contribution in [2.75, 3.05) is 14.1 Å². The summed E-state index contributed by atoms with van der Waals surface area (Å²) in [4.78, 5) is 28.9. The van der Waals surface area contributed by atoms with Crippen LogP contribution in [-0.4, -0.2) is 42.0 Å². The van der Waals surface area contributed by atoms with Gasteiger partial charge in [0, 0.05) is 19.1 Å². The molecule has 1 fully saturated rings. The summed E-state index contributed by atoms with van der Waals surface area (Å²) in [6.45, 7) is 3.90. The number of rotatable bonds is 4. The molecule has 0 aromatic heterocycles. The maximum atomic E-state index is 13.0. The highest BCUT2D eigenvalue weighted by molar-refractivity contribution is 6.30. The Labute approximate surface area is 142 Å². The van der Waals surface area contributed by atoms with Gasteiger partial charge < -0.3 is 10.2 Å². The molecule has 0 saturated carbocycles. The Hall–Kier alpha value is -1.75. The van der Waals surface area contributed by atoms with Gasteiger partial charge in [-0.2, -0.15) is 0 Å². The van der Waals surface area contributed by atoms with Crippen LogP contribution >= 0.6 is 11.6 Å². The Kier molecular flexibility index (Phi) is 5.19. The highest BCUT2D eigenvalue weighted by Crippen LogP contribution is 2.40. The number of amides is 3. The van der Waals surface area contributed by atoms with Gasteiger partial charge in [-0.05, 0) is 37.5 Å². The van der Waals surface area contributed by atoms with Gasteiger partial charge in [0.1, 0.15) is 11.7 Å². The molecule has 6 heteroatoms. The topological polar surface area (TPSA) is 52.7 Å². The van der Waals surface area contributed by atoms with Crippen molar-refractivity contribution >= 4 is 23.5 Å². The number of carbonyl (C=O) groups excluding carboxylic acids is 2. The van der Waals surface area contributed by atoms with Gasteiger partial charge in [0.2, 0.25) is 0 Å². The third-order valence-electron chi connectivity index (χ3n) is 4.62. The fourth-order valence-electron chi connectivity index (χ4n) is 3.26. The summed E-state index contributed by atoms with van der Waals surface area (Å²) in [5.74, 6) is -0.0791. The molecule has 2 rings (SSSR count). The van der Waals surface area contributed by atoms with Crippen LogP contribution in [0, 0.1) is 0 Å². The zero-order chi connectivity index (χ0) is 17.2. The predicted octanol–water partition coefficient (Wildman–Crippen LogP) is 3.18. The molecular formula is C17H24ClN3O2. The van der Waals surface area contributed by atoms with E-state index in [0.717, 1.165) is 24.8 Å². The summed E-state index contributed by atoms with van der Waals surface area (Å²) < 4.78 is 0. The van der Waals surface area contributed by atoms with Crippen LogP contribution in [0.2, 0.25) is 5.02 Å². The Morgan fingerprint density at radius 2 is 1.96 bits per heavy atom. The summed E-state index contributed by atoms with van der Waals surface area (Å²) in [6.07, 6.45) is 2.47. The summed E-state index contributed by atoms with van der Waals surface area (Å²) >= 11 is 5.96. The number of nitrogens with zero attached hydrogens (tertiary/aromatic N) is 2. The van der Waals surface area contributed by atoms with Gasteiger partial charge in [-0.15, -0.1) is 0 Å². The number of hydrogen-bond donors (Lipinski definition) is 1. The average molecular weight is 338 g/mol. The zero-order valence-electron chi connectivity index (χ0n) is 14.1. The van der Waals surface area contributed by atoms with Gasteiger partial charge in [-0.25, -0.2) is 4.79 Å². The molecule has 1 heterocycles. The minimum Gasteiger partial charge on any atom is -0.341 e. The number of nitrogens with one attached hydrogen (secondary N) is 1. The summed E-state index contributed by atoms with van der Waals surface area (Å²) in [5, 5.41) is 3.27. The molecule has 0 radical (unpaired) electrons. The number of urea groups is 1. The van der Waals surface area contributed by atoms with Crippen molar-refractivity contribution in [1.82, 2.24) is 15.1 Å². The molecule has 0 aliphatic carbocycles. The fourth-order valence-corrected chi connectivity index (χ4v) is 3.38. The third-order valence-corrected chi connectivity index (χ3v) is 4.87. The second-order valence-electron chi connectivity index (χ2n) is 6.04. The monoisotopic (exact) mass is 337 g/mol. The molecule has 2 unspecified atom stereocenters. The Morgan fingerprint density at radius 1 is 1.35 bits per heavy atom. The lowest BCUT2D eigenvalue weighted by atomic mass is 9.90. The highest BCUT2D eigenvalue weighted by atomic mass is 35.5. The normalized spacial score (nSPS) is 24.2. The molecular weight excluding hydrogens is 314 g/mol. The first kappa shape index (κ1) is 17.6. The summed E-state index contributed by atoms with van der Waals surface area (Å²) in [6, 6.07) is 6.87. The van der Waals surface area contributed by atoms with E-state index in [1.165, 1.54) is 0 Å². The van der Waals surface area contributed by atoms with Crippen LogP contribution < -0.4 is 5.32 Å². The van der Waals surface area contributed by atoms with E-state index in [2.05, 4.69) is 12.2 Å². The first-order valence-electron chi connectivity index (χ1n) is 7.92. The number of carbonyl (C=O) groups is 2. The van der Waals surface area contributed by atoms with Crippen LogP contribution in [0.25, 0.3) is 0 Å². The molecule has 1 aliphatic heterocycles. The quantitative estimate of drug-likeness (QED) is 0.917. The van der Waals surface area contributed by atoms with Gasteiger partial charge in [0.15, 0.2) is 0 Å². The SMILES string of the molecule is CCCCC1N(C)C(=O)C(C)(c2ccc(Cl)cc2)N1C(=O)NC. The smallest absolute Gasteiger partial charge is 0.319 e. The van der Waals surface area contributed by atoms with E-state index < -0.39 is 5.54 Å². The maximum absolute atomic E-state index is 13.0. The lowest BCUT2D eigenvalue weighted by Gasteiger charge is -2.35. The Balaban J connectivity index is 2.51. The van der Waals surface area contributed by atoms with Gasteiger partial charge in [-0.3, -0.25) is 9.69 Å². The minimum absolute atomic E-state index is 0.0791. The predicted molar refractivity (Wildman–Crippen MR) is 91.2 cm³/mol. The molecule has 2 atom stereocenters. The van der Waals surface area contributed by atoms with Crippen molar-refractivity contribution < 1.29 is 9.59 Å². The van der Waals surface area contributed by atoms with E-state index in [1.54, 1.807) is 43.0 Å². The number of unbranched alkanes of at least 4 members (excludes halogenated alkanes) is 1. The highest BCUT2D eigenvalue weighted by Gasteiger charge is 2.55. The molecule has 126 valence electrons. The number of halogens is 1. The first-order chi connectivity index (χ1) is 10.9. The number of hydrogen-bond acceptors (Lipinski definition) is 2. The van der Waals surface area contributed by atoms with Crippen LogP contribution in [0.3, 0.4) is 0 Å². The average Bonchev–Trinajstić information content (AvgIpc) is 2.74. The molecule has 0 bridgehead atoms. The number of likely N-dealkylation sites (N-methyl/N-ethyl adjacent to an activating group) is 1. The molecule has 1 aliphatic rings. The maximum Gasteiger partial charge on any atom is 0.319 e. The second-order valence-corrected chi connectivity index (χ2v) is 6.48. The zero-order valence-corrected chi connectivity index (χ0v) is 14.9. The number of benzene rings is 1. The van der Waals surface area contributed by atoms with Crippen LogP contribution in [-0.2, 0) is 10.3 Å². The van der Waals surface area contributed by atoms with Crippen molar-refractivity contribution in [3.05, 3.63) is 34.9 Å².